The molecule has 2 aromatic rings. The van der Waals surface area contributed by atoms with Gasteiger partial charge in [-0.25, -0.2) is 0 Å². The number of carbonyl (C=O) groups excluding carboxylic acids is 3. The summed E-state index contributed by atoms with van der Waals surface area (Å²) in [5, 5.41) is 4.76. The van der Waals surface area contributed by atoms with Crippen molar-refractivity contribution in [2.75, 3.05) is 26.3 Å². The number of benzene rings is 1. The summed E-state index contributed by atoms with van der Waals surface area (Å²) in [6, 6.07) is 8.96. The van der Waals surface area contributed by atoms with Crippen LogP contribution in [0.2, 0.25) is 0 Å². The number of amides is 2. The van der Waals surface area contributed by atoms with Gasteiger partial charge in [0.05, 0.1) is 26.3 Å². The fourth-order valence-corrected chi connectivity index (χ4v) is 3.71. The van der Waals surface area contributed by atoms with E-state index in [9.17, 15) is 14.4 Å². The number of nitrogens with zero attached hydrogens (tertiary/aromatic N) is 1. The number of Topliss-reactive ketones (excluding diaryl/α,β-unsaturated/α-hetero) is 1. The Kier molecular flexibility index (Phi) is 7.84. The molecule has 0 bridgehead atoms. The normalized spacial score (nSPS) is 12.7. The summed E-state index contributed by atoms with van der Waals surface area (Å²) >= 11 is 1.57. The molecule has 2 heterocycles. The average Bonchev–Trinajstić information content (AvgIpc) is 3.17. The van der Waals surface area contributed by atoms with Gasteiger partial charge >= 0.3 is 0 Å². The Balaban J connectivity index is 1.48. The molecule has 0 saturated heterocycles. The first-order valence-electron chi connectivity index (χ1n) is 10.1. The van der Waals surface area contributed by atoms with Crippen LogP contribution in [-0.4, -0.2) is 48.8 Å². The SMILES string of the molecule is CCN(CC(=O)NCc1cccs1)C(=O)CCC(=O)c1ccc2c(c1)OCCCO2. The second-order valence-corrected chi connectivity index (χ2v) is 7.93. The second-order valence-electron chi connectivity index (χ2n) is 6.90. The van der Waals surface area contributed by atoms with Crippen molar-refractivity contribution in [3.63, 3.8) is 0 Å². The average molecular weight is 431 g/mol. The molecule has 160 valence electrons. The van der Waals surface area contributed by atoms with E-state index >= 15 is 0 Å². The number of rotatable bonds is 9. The molecule has 2 amide bonds. The van der Waals surface area contributed by atoms with Gasteiger partial charge in [-0.3, -0.25) is 14.4 Å². The van der Waals surface area contributed by atoms with E-state index in [-0.39, 0.29) is 37.0 Å². The Labute approximate surface area is 180 Å². The summed E-state index contributed by atoms with van der Waals surface area (Å²) in [6.07, 6.45) is 0.922. The number of carbonyl (C=O) groups is 3. The van der Waals surface area contributed by atoms with E-state index < -0.39 is 0 Å². The van der Waals surface area contributed by atoms with Crippen molar-refractivity contribution in [2.24, 2.45) is 0 Å². The van der Waals surface area contributed by atoms with Crippen molar-refractivity contribution in [3.05, 3.63) is 46.2 Å². The Bertz CT molecular complexity index is 882. The van der Waals surface area contributed by atoms with Crippen molar-refractivity contribution >= 4 is 28.9 Å². The highest BCUT2D eigenvalue weighted by molar-refractivity contribution is 7.09. The van der Waals surface area contributed by atoms with Crippen LogP contribution in [0.4, 0.5) is 0 Å². The number of likely N-dealkylation sites (N-methyl/N-ethyl adjacent to an activating group) is 1. The lowest BCUT2D eigenvalue weighted by Gasteiger charge is -2.20. The summed E-state index contributed by atoms with van der Waals surface area (Å²) in [5.41, 5.74) is 0.490. The highest BCUT2D eigenvalue weighted by Gasteiger charge is 2.19. The molecule has 1 aliphatic rings. The first-order valence-corrected chi connectivity index (χ1v) is 10.9. The van der Waals surface area contributed by atoms with E-state index in [0.29, 0.717) is 43.4 Å². The van der Waals surface area contributed by atoms with Crippen molar-refractivity contribution in [1.82, 2.24) is 10.2 Å². The van der Waals surface area contributed by atoms with Crippen LogP contribution in [0.1, 0.15) is 41.4 Å². The Morgan fingerprint density at radius 1 is 1.10 bits per heavy atom. The molecule has 1 aliphatic heterocycles. The summed E-state index contributed by atoms with van der Waals surface area (Å²) in [5.74, 6) is 0.615. The molecule has 1 N–H and O–H groups in total. The number of thiophene rings is 1. The smallest absolute Gasteiger partial charge is 0.239 e. The van der Waals surface area contributed by atoms with E-state index in [1.165, 1.54) is 4.90 Å². The number of hydrogen-bond donors (Lipinski definition) is 1. The van der Waals surface area contributed by atoms with Crippen LogP contribution < -0.4 is 14.8 Å². The molecule has 8 heteroatoms. The summed E-state index contributed by atoms with van der Waals surface area (Å²) in [4.78, 5) is 39.7. The van der Waals surface area contributed by atoms with Gasteiger partial charge in [0.2, 0.25) is 11.8 Å². The predicted molar refractivity (Wildman–Crippen MR) is 114 cm³/mol. The second kappa shape index (κ2) is 10.8. The largest absolute Gasteiger partial charge is 0.490 e. The molecular weight excluding hydrogens is 404 g/mol. The zero-order chi connectivity index (χ0) is 21.3. The topological polar surface area (TPSA) is 84.9 Å². The van der Waals surface area contributed by atoms with E-state index in [0.717, 1.165) is 11.3 Å². The molecule has 0 radical (unpaired) electrons. The van der Waals surface area contributed by atoms with Gasteiger partial charge in [0.15, 0.2) is 17.3 Å². The van der Waals surface area contributed by atoms with Crippen LogP contribution in [0, 0.1) is 0 Å². The van der Waals surface area contributed by atoms with Crippen LogP contribution in [0.25, 0.3) is 0 Å². The third-order valence-electron chi connectivity index (χ3n) is 4.74. The minimum absolute atomic E-state index is 0.0150. The molecule has 7 nitrogen and oxygen atoms in total. The highest BCUT2D eigenvalue weighted by Crippen LogP contribution is 2.30. The molecule has 0 aliphatic carbocycles. The molecule has 1 aromatic heterocycles. The van der Waals surface area contributed by atoms with Gasteiger partial charge in [0.25, 0.3) is 0 Å². The van der Waals surface area contributed by atoms with Gasteiger partial charge in [-0.1, -0.05) is 6.07 Å². The third kappa shape index (κ3) is 6.06. The van der Waals surface area contributed by atoms with Crippen molar-refractivity contribution in [2.45, 2.75) is 32.7 Å². The van der Waals surface area contributed by atoms with E-state index in [2.05, 4.69) is 5.32 Å². The maximum absolute atomic E-state index is 12.5. The molecule has 0 spiro atoms. The van der Waals surface area contributed by atoms with Gasteiger partial charge in [-0.05, 0) is 36.6 Å². The first kappa shape index (κ1) is 21.8. The molecule has 0 saturated carbocycles. The van der Waals surface area contributed by atoms with Gasteiger partial charge in [0.1, 0.15) is 0 Å². The quantitative estimate of drug-likeness (QED) is 0.618. The molecular formula is C22H26N2O5S. The molecule has 3 rings (SSSR count). The fourth-order valence-electron chi connectivity index (χ4n) is 3.06. The first-order chi connectivity index (χ1) is 14.6. The maximum Gasteiger partial charge on any atom is 0.239 e. The Hall–Kier alpha value is -2.87. The third-order valence-corrected chi connectivity index (χ3v) is 5.62. The Morgan fingerprint density at radius 3 is 2.63 bits per heavy atom. The molecule has 0 atom stereocenters. The minimum atomic E-state index is -0.216. The van der Waals surface area contributed by atoms with Crippen LogP contribution in [0.3, 0.4) is 0 Å². The number of ether oxygens (including phenoxy) is 2. The molecule has 30 heavy (non-hydrogen) atoms. The number of ketones is 1. The van der Waals surface area contributed by atoms with Gasteiger partial charge in [-0.2, -0.15) is 0 Å². The number of nitrogens with one attached hydrogen (secondary N) is 1. The van der Waals surface area contributed by atoms with Crippen LogP contribution >= 0.6 is 11.3 Å². The van der Waals surface area contributed by atoms with Crippen LogP contribution in [-0.2, 0) is 16.1 Å². The summed E-state index contributed by atoms with van der Waals surface area (Å²) in [6.45, 7) is 3.79. The summed E-state index contributed by atoms with van der Waals surface area (Å²) < 4.78 is 11.2. The standard InChI is InChI=1S/C22H26N2O5S/c1-2-24(15-21(26)23-14-17-5-3-12-30-17)22(27)9-7-18(25)16-6-8-19-20(13-16)29-11-4-10-28-19/h3,5-6,8,12-13H,2,4,7,9-11,14-15H2,1H3,(H,23,26). The number of fused-ring (bicyclic) bond motifs is 1. The van der Waals surface area contributed by atoms with Crippen molar-refractivity contribution in [1.29, 1.82) is 0 Å². The van der Waals surface area contributed by atoms with E-state index in [1.807, 2.05) is 24.4 Å². The van der Waals surface area contributed by atoms with Crippen LogP contribution in [0.15, 0.2) is 35.7 Å². The molecule has 0 fully saturated rings. The van der Waals surface area contributed by atoms with E-state index in [4.69, 9.17) is 9.47 Å². The monoisotopic (exact) mass is 430 g/mol. The van der Waals surface area contributed by atoms with Gasteiger partial charge in [-0.15, -0.1) is 11.3 Å². The zero-order valence-corrected chi connectivity index (χ0v) is 17.8. The zero-order valence-electron chi connectivity index (χ0n) is 17.0. The lowest BCUT2D eigenvalue weighted by atomic mass is 10.1. The summed E-state index contributed by atoms with van der Waals surface area (Å²) in [7, 11) is 0. The highest BCUT2D eigenvalue weighted by atomic mass is 32.1. The molecule has 0 unspecified atom stereocenters. The predicted octanol–water partition coefficient (Wildman–Crippen LogP) is 3.04. The number of hydrogen-bond acceptors (Lipinski definition) is 6. The van der Waals surface area contributed by atoms with E-state index in [1.54, 1.807) is 29.5 Å². The van der Waals surface area contributed by atoms with Crippen LogP contribution in [0.5, 0.6) is 11.5 Å². The van der Waals surface area contributed by atoms with Gasteiger partial charge in [0, 0.05) is 36.2 Å². The molecule has 1 aromatic carbocycles. The minimum Gasteiger partial charge on any atom is -0.490 e. The van der Waals surface area contributed by atoms with Crippen molar-refractivity contribution < 1.29 is 23.9 Å². The van der Waals surface area contributed by atoms with Crippen molar-refractivity contribution in [3.8, 4) is 11.5 Å². The fraction of sp³-hybridized carbons (Fsp3) is 0.409. The lowest BCUT2D eigenvalue weighted by Crippen LogP contribution is -2.40. The maximum atomic E-state index is 12.5. The Morgan fingerprint density at radius 2 is 1.90 bits per heavy atom. The lowest BCUT2D eigenvalue weighted by molar-refractivity contribution is -0.135. The van der Waals surface area contributed by atoms with Gasteiger partial charge < -0.3 is 19.7 Å².